The van der Waals surface area contributed by atoms with Crippen LogP contribution in [0.15, 0.2) is 0 Å². The molecule has 9 heavy (non-hydrogen) atoms. The average molecular weight is 150 g/mol. The largest absolute Gasteiger partial charge is 0.481 e. The van der Waals surface area contributed by atoms with E-state index in [4.69, 9.17) is 5.11 Å². The maximum atomic E-state index is 10.6. The van der Waals surface area contributed by atoms with Gasteiger partial charge in [-0.15, -0.1) is 0 Å². The van der Waals surface area contributed by atoms with Crippen LogP contribution in [0.1, 0.15) is 13.3 Å². The number of carboxylic acid groups (broad SMARTS) is 1. The third-order valence-electron chi connectivity index (χ3n) is 0.866. The van der Waals surface area contributed by atoms with Crippen molar-refractivity contribution >= 4 is 16.8 Å². The number of rotatable bonds is 4. The van der Waals surface area contributed by atoms with E-state index < -0.39 is 16.8 Å². The van der Waals surface area contributed by atoms with Crippen molar-refractivity contribution in [2.45, 2.75) is 13.3 Å². The summed E-state index contributed by atoms with van der Waals surface area (Å²) in [7, 11) is -0.928. The molecule has 0 saturated carbocycles. The molecule has 0 aliphatic heterocycles. The second kappa shape index (κ2) is 4.49. The summed E-state index contributed by atoms with van der Waals surface area (Å²) in [6, 6.07) is 0. The predicted octanol–water partition coefficient (Wildman–Crippen LogP) is 0.230. The second-order valence-electron chi connectivity index (χ2n) is 1.58. The summed E-state index contributed by atoms with van der Waals surface area (Å²) in [6.07, 6.45) is 0.0143. The van der Waals surface area contributed by atoms with E-state index in [1.807, 2.05) is 0 Å². The molecule has 0 fully saturated rings. The molecule has 0 spiro atoms. The molecule has 0 bridgehead atoms. The molecule has 0 rings (SSSR count). The van der Waals surface area contributed by atoms with Gasteiger partial charge in [0.1, 0.15) is 0 Å². The van der Waals surface area contributed by atoms with Crippen molar-refractivity contribution in [1.29, 1.82) is 0 Å². The Kier molecular flexibility index (Phi) is 4.30. The number of hydrogen-bond acceptors (Lipinski definition) is 2. The van der Waals surface area contributed by atoms with E-state index in [2.05, 4.69) is 0 Å². The van der Waals surface area contributed by atoms with Gasteiger partial charge in [0.05, 0.1) is 6.42 Å². The molecule has 54 valence electrons. The lowest BCUT2D eigenvalue weighted by Crippen LogP contribution is -2.05. The lowest BCUT2D eigenvalue weighted by atomic mass is 10.5. The van der Waals surface area contributed by atoms with Crippen LogP contribution in [0.4, 0.5) is 0 Å². The molecule has 1 atom stereocenters. The molecule has 3 nitrogen and oxygen atoms in total. The fourth-order valence-corrected chi connectivity index (χ4v) is 1.04. The van der Waals surface area contributed by atoms with Gasteiger partial charge in [-0.05, 0) is 0 Å². The van der Waals surface area contributed by atoms with Gasteiger partial charge in [0.15, 0.2) is 0 Å². The third kappa shape index (κ3) is 5.49. The molecule has 0 aromatic carbocycles. The van der Waals surface area contributed by atoms with Crippen LogP contribution < -0.4 is 0 Å². The number of carboxylic acids is 1. The van der Waals surface area contributed by atoms with Crippen LogP contribution in [-0.2, 0) is 15.6 Å². The van der Waals surface area contributed by atoms with Gasteiger partial charge in [-0.25, -0.2) is 0 Å². The zero-order chi connectivity index (χ0) is 7.28. The number of aliphatic carboxylic acids is 1. The average Bonchev–Trinajstić information content (AvgIpc) is 1.83. The van der Waals surface area contributed by atoms with Crippen LogP contribution in [0.2, 0.25) is 0 Å². The molecular formula is C5H10O3S. The van der Waals surface area contributed by atoms with Gasteiger partial charge < -0.3 is 5.11 Å². The molecular weight excluding hydrogens is 140 g/mol. The van der Waals surface area contributed by atoms with Crippen molar-refractivity contribution in [3.05, 3.63) is 0 Å². The van der Waals surface area contributed by atoms with Gasteiger partial charge in [0, 0.05) is 22.3 Å². The Bertz CT molecular complexity index is 121. The second-order valence-corrected chi connectivity index (χ2v) is 3.44. The SMILES string of the molecule is CC[S@](=O)CCC(=O)O. The van der Waals surface area contributed by atoms with Gasteiger partial charge in [0.2, 0.25) is 0 Å². The first kappa shape index (κ1) is 8.62. The van der Waals surface area contributed by atoms with Crippen molar-refractivity contribution in [3.63, 3.8) is 0 Å². The lowest BCUT2D eigenvalue weighted by molar-refractivity contribution is -0.136. The topological polar surface area (TPSA) is 54.4 Å². The predicted molar refractivity (Wildman–Crippen MR) is 35.8 cm³/mol. The summed E-state index contributed by atoms with van der Waals surface area (Å²) in [5.74, 6) is -0.0455. The fraction of sp³-hybridized carbons (Fsp3) is 0.800. The molecule has 1 N–H and O–H groups in total. The van der Waals surface area contributed by atoms with Crippen molar-refractivity contribution in [2.24, 2.45) is 0 Å². The fourth-order valence-electron chi connectivity index (χ4n) is 0.345. The highest BCUT2D eigenvalue weighted by Gasteiger charge is 1.99. The summed E-state index contributed by atoms with van der Waals surface area (Å²) in [5, 5.41) is 8.12. The monoisotopic (exact) mass is 150 g/mol. The van der Waals surface area contributed by atoms with Gasteiger partial charge >= 0.3 is 5.97 Å². The molecule has 0 unspecified atom stereocenters. The normalized spacial score (nSPS) is 13.0. The smallest absolute Gasteiger partial charge is 0.304 e. The maximum Gasteiger partial charge on any atom is 0.304 e. The van der Waals surface area contributed by atoms with E-state index in [9.17, 15) is 9.00 Å². The van der Waals surface area contributed by atoms with Crippen LogP contribution in [0.25, 0.3) is 0 Å². The summed E-state index contributed by atoms with van der Waals surface area (Å²) >= 11 is 0. The highest BCUT2D eigenvalue weighted by atomic mass is 32.2. The van der Waals surface area contributed by atoms with Crippen LogP contribution in [0.3, 0.4) is 0 Å². The highest BCUT2D eigenvalue weighted by Crippen LogP contribution is 1.86. The van der Waals surface area contributed by atoms with Crippen LogP contribution in [-0.4, -0.2) is 26.8 Å². The number of carbonyl (C=O) groups is 1. The van der Waals surface area contributed by atoms with Gasteiger partial charge in [0.25, 0.3) is 0 Å². The van der Waals surface area contributed by atoms with E-state index in [0.29, 0.717) is 5.75 Å². The highest BCUT2D eigenvalue weighted by molar-refractivity contribution is 7.84. The van der Waals surface area contributed by atoms with Crippen molar-refractivity contribution in [1.82, 2.24) is 0 Å². The van der Waals surface area contributed by atoms with Crippen LogP contribution in [0, 0.1) is 0 Å². The first-order chi connectivity index (χ1) is 4.16. The molecule has 0 saturated heterocycles. The minimum absolute atomic E-state index is 0.0143. The Morgan fingerprint density at radius 3 is 2.56 bits per heavy atom. The molecule has 0 aliphatic rings. The molecule has 0 aromatic rings. The molecule has 4 heteroatoms. The zero-order valence-electron chi connectivity index (χ0n) is 5.29. The Hall–Kier alpha value is -0.380. The Labute approximate surface area is 56.5 Å². The first-order valence-electron chi connectivity index (χ1n) is 2.73. The summed E-state index contributed by atoms with van der Waals surface area (Å²) in [4.78, 5) is 9.89. The summed E-state index contributed by atoms with van der Waals surface area (Å²) in [5.41, 5.74) is 0. The number of hydrogen-bond donors (Lipinski definition) is 1. The quantitative estimate of drug-likeness (QED) is 0.624. The molecule has 0 aromatic heterocycles. The maximum absolute atomic E-state index is 10.6. The van der Waals surface area contributed by atoms with Crippen LogP contribution in [0.5, 0.6) is 0 Å². The minimum atomic E-state index is -0.928. The van der Waals surface area contributed by atoms with E-state index in [1.165, 1.54) is 0 Å². The molecule has 0 amide bonds. The minimum Gasteiger partial charge on any atom is -0.481 e. The van der Waals surface area contributed by atoms with E-state index in [1.54, 1.807) is 6.92 Å². The van der Waals surface area contributed by atoms with Crippen LogP contribution >= 0.6 is 0 Å². The molecule has 0 aliphatic carbocycles. The van der Waals surface area contributed by atoms with Crippen molar-refractivity contribution in [3.8, 4) is 0 Å². The zero-order valence-corrected chi connectivity index (χ0v) is 6.11. The van der Waals surface area contributed by atoms with Crippen molar-refractivity contribution < 1.29 is 14.1 Å². The Balaban J connectivity index is 3.28. The third-order valence-corrected chi connectivity index (χ3v) is 2.17. The van der Waals surface area contributed by atoms with E-state index in [0.717, 1.165) is 0 Å². The van der Waals surface area contributed by atoms with Gasteiger partial charge in [-0.3, -0.25) is 9.00 Å². The van der Waals surface area contributed by atoms with Gasteiger partial charge in [-0.2, -0.15) is 0 Å². The lowest BCUT2D eigenvalue weighted by Gasteiger charge is -1.92. The molecule has 0 radical (unpaired) electrons. The summed E-state index contributed by atoms with van der Waals surface area (Å²) < 4.78 is 10.6. The Morgan fingerprint density at radius 1 is 1.67 bits per heavy atom. The first-order valence-corrected chi connectivity index (χ1v) is 4.22. The summed E-state index contributed by atoms with van der Waals surface area (Å²) in [6.45, 7) is 1.78. The van der Waals surface area contributed by atoms with E-state index >= 15 is 0 Å². The standard InChI is InChI=1S/C5H10O3S/c1-2-9(8)4-3-5(6)7/h2-4H2,1H3,(H,6,7)/t9-/m0/s1. The Morgan fingerprint density at radius 2 is 2.22 bits per heavy atom. The van der Waals surface area contributed by atoms with Crippen molar-refractivity contribution in [2.75, 3.05) is 11.5 Å². The molecule has 0 heterocycles. The van der Waals surface area contributed by atoms with Gasteiger partial charge in [-0.1, -0.05) is 6.92 Å². The van der Waals surface area contributed by atoms with E-state index in [-0.39, 0.29) is 12.2 Å².